The van der Waals surface area contributed by atoms with Gasteiger partial charge in [-0.3, -0.25) is 0 Å². The number of rotatable bonds is 10. The van der Waals surface area contributed by atoms with Crippen LogP contribution in [0.3, 0.4) is 0 Å². The van der Waals surface area contributed by atoms with Gasteiger partial charge in [0.25, 0.3) is 5.76 Å². The van der Waals surface area contributed by atoms with Crippen LogP contribution in [-0.2, 0) is 0 Å². The van der Waals surface area contributed by atoms with Crippen LogP contribution in [0.5, 0.6) is 5.75 Å². The van der Waals surface area contributed by atoms with Crippen LogP contribution in [0.1, 0.15) is 111 Å². The summed E-state index contributed by atoms with van der Waals surface area (Å²) in [5.74, 6) is -1.06. The second kappa shape index (κ2) is 32.4. The quantitative estimate of drug-likeness (QED) is 0.0827. The van der Waals surface area contributed by atoms with E-state index in [1.54, 1.807) is 6.08 Å². The van der Waals surface area contributed by atoms with Gasteiger partial charge in [-0.05, 0) is 53.3 Å². The largest absolute Gasteiger partial charge is 0.421 e. The maximum atomic E-state index is 13.9. The summed E-state index contributed by atoms with van der Waals surface area (Å²) < 4.78 is 62.9. The molecule has 0 radical (unpaired) electrons. The smallest absolute Gasteiger partial charge is 0.298 e. The minimum absolute atomic E-state index is 0.173. The molecule has 0 saturated heterocycles. The predicted octanol–water partition coefficient (Wildman–Crippen LogP) is 10.4. The van der Waals surface area contributed by atoms with Crippen molar-refractivity contribution in [1.29, 1.82) is 0 Å². The molecule has 218 valence electrons. The highest BCUT2D eigenvalue weighted by atomic mass is 32.2. The molecule has 1 aromatic rings. The summed E-state index contributed by atoms with van der Waals surface area (Å²) in [7, 11) is 0. The van der Waals surface area contributed by atoms with E-state index >= 15 is 0 Å². The topological polar surface area (TPSA) is 61.7 Å². The molecular formula is C24H46F5NO3S3. The molecular weight excluding hydrogens is 541 g/mol. The molecule has 4 nitrogen and oxygen atoms in total. The lowest BCUT2D eigenvalue weighted by Crippen LogP contribution is -2.06. The maximum absolute atomic E-state index is 13.9. The van der Waals surface area contributed by atoms with Crippen LogP contribution in [0.2, 0.25) is 0 Å². The van der Waals surface area contributed by atoms with Gasteiger partial charge in [-0.25, -0.2) is 15.0 Å². The highest BCUT2D eigenvalue weighted by molar-refractivity contribution is 8.20. The summed E-state index contributed by atoms with van der Waals surface area (Å²) in [6.07, 6.45) is 1.75. The van der Waals surface area contributed by atoms with Gasteiger partial charge in [0.05, 0.1) is 0 Å². The number of hydrogen-bond donors (Lipinski definition) is 3. The third kappa shape index (κ3) is 23.7. The van der Waals surface area contributed by atoms with E-state index in [0.29, 0.717) is 35.7 Å². The van der Waals surface area contributed by atoms with Crippen molar-refractivity contribution in [1.82, 2.24) is 4.13 Å². The zero-order chi connectivity index (χ0) is 29.9. The van der Waals surface area contributed by atoms with Gasteiger partial charge in [-0.15, -0.1) is 6.58 Å². The molecule has 3 N–H and O–H groups in total. The Bertz CT molecular complexity index is 571. The summed E-state index contributed by atoms with van der Waals surface area (Å²) in [5, 5.41) is 11.0. The lowest BCUT2D eigenvalue weighted by Gasteiger charge is -2.22. The Morgan fingerprint density at radius 1 is 0.806 bits per heavy atom. The molecule has 12 heteroatoms. The van der Waals surface area contributed by atoms with Gasteiger partial charge in [-0.1, -0.05) is 96.5 Å². The molecule has 0 bridgehead atoms. The van der Waals surface area contributed by atoms with Crippen LogP contribution in [0, 0.1) is 0 Å². The summed E-state index contributed by atoms with van der Waals surface area (Å²) in [5.41, 5.74) is 3.30. The molecule has 0 aliphatic heterocycles. The fourth-order valence-corrected chi connectivity index (χ4v) is 4.00. The first-order chi connectivity index (χ1) is 17.0. The number of hydrogen-bond acceptors (Lipinski definition) is 7. The van der Waals surface area contributed by atoms with Gasteiger partial charge in [0.1, 0.15) is 17.8 Å². The minimum Gasteiger partial charge on any atom is -0.421 e. The number of benzene rings is 1. The maximum Gasteiger partial charge on any atom is 0.298 e. The van der Waals surface area contributed by atoms with Gasteiger partial charge >= 0.3 is 0 Å². The number of allylic oxidation sites excluding steroid dienone is 1. The molecule has 0 amide bonds. The van der Waals surface area contributed by atoms with Gasteiger partial charge in [0.2, 0.25) is 4.84 Å². The fourth-order valence-electron chi connectivity index (χ4n) is 2.19. The van der Waals surface area contributed by atoms with Crippen molar-refractivity contribution in [3.05, 3.63) is 41.5 Å². The van der Waals surface area contributed by atoms with Crippen molar-refractivity contribution in [2.24, 2.45) is 0 Å². The van der Waals surface area contributed by atoms with Crippen LogP contribution >= 0.6 is 35.9 Å². The van der Waals surface area contributed by atoms with Crippen LogP contribution in [0.4, 0.5) is 22.2 Å². The molecule has 1 atom stereocenters. The predicted molar refractivity (Wildman–Crippen MR) is 151 cm³/mol. The zero-order valence-corrected chi connectivity index (χ0v) is 25.7. The van der Waals surface area contributed by atoms with Crippen molar-refractivity contribution >= 4 is 35.9 Å². The molecule has 0 aromatic heterocycles. The first kappa shape index (κ1) is 45.3. The van der Waals surface area contributed by atoms with Crippen molar-refractivity contribution in [2.45, 2.75) is 105 Å². The van der Waals surface area contributed by atoms with Crippen molar-refractivity contribution < 1.29 is 37.0 Å². The van der Waals surface area contributed by atoms with Gasteiger partial charge < -0.3 is 4.18 Å². The Kier molecular flexibility index (Phi) is 40.7. The highest BCUT2D eigenvalue weighted by Crippen LogP contribution is 2.40. The van der Waals surface area contributed by atoms with Crippen LogP contribution < -0.4 is 8.31 Å². The van der Waals surface area contributed by atoms with E-state index in [-0.39, 0.29) is 23.8 Å². The van der Waals surface area contributed by atoms with E-state index in [2.05, 4.69) is 64.4 Å². The third-order valence-corrected chi connectivity index (χ3v) is 5.64. The van der Waals surface area contributed by atoms with E-state index in [1.807, 2.05) is 34.6 Å². The Balaban J connectivity index is -0.000000253. The average molecular weight is 588 g/mol. The molecule has 1 rings (SSSR count). The molecule has 0 saturated carbocycles. The van der Waals surface area contributed by atoms with Crippen LogP contribution in [0.15, 0.2) is 24.8 Å². The lowest BCUT2D eigenvalue weighted by atomic mass is 9.88. The highest BCUT2D eigenvalue weighted by Gasteiger charge is 2.21. The lowest BCUT2D eigenvalue weighted by molar-refractivity contribution is -0.0442. The summed E-state index contributed by atoms with van der Waals surface area (Å²) >= 11 is 1.37. The van der Waals surface area contributed by atoms with E-state index in [4.69, 9.17) is 23.9 Å². The standard InChI is InChI=1S/C17H26F3NOS3.C3H6.2C2H6.2FHO/c1-9(2)12-7-13(10(3)4)15(14(8-12)11(5)6)22-25-17(20)24-21-23-16(18)19;1-3-2;4*1-2/h7-11,16-17,21H,1-6H3;3H,1H2,2H3;2*1-2H3;2*2H. The molecule has 1 unspecified atom stereocenters. The molecule has 0 spiro atoms. The summed E-state index contributed by atoms with van der Waals surface area (Å²) in [4.78, 5) is -1.52. The normalized spacial score (nSPS) is 10.3. The van der Waals surface area contributed by atoms with Crippen molar-refractivity contribution in [3.8, 4) is 5.75 Å². The van der Waals surface area contributed by atoms with E-state index < -0.39 is 10.6 Å². The monoisotopic (exact) mass is 587 g/mol. The Labute approximate surface area is 228 Å². The molecule has 36 heavy (non-hydrogen) atoms. The van der Waals surface area contributed by atoms with Gasteiger partial charge in [0, 0.05) is 11.9 Å². The minimum atomic E-state index is -2.59. The van der Waals surface area contributed by atoms with E-state index in [9.17, 15) is 13.2 Å². The van der Waals surface area contributed by atoms with Crippen molar-refractivity contribution in [2.75, 3.05) is 0 Å². The SMILES string of the molecule is C=CC.CC.CC.CC(C)c1cc(C(C)C)c(OSC(F)SNSC(F)F)c(C(C)C)c1.OF.OF. The average Bonchev–Trinajstić information content (AvgIpc) is 2.87. The Hall–Kier alpha value is -0.660. The Morgan fingerprint density at radius 3 is 1.44 bits per heavy atom. The summed E-state index contributed by atoms with van der Waals surface area (Å²) in [6, 6.07) is 4.23. The number of nitrogens with one attached hydrogen (secondary N) is 1. The van der Waals surface area contributed by atoms with E-state index in [0.717, 1.165) is 11.1 Å². The molecule has 0 fully saturated rings. The molecule has 0 heterocycles. The summed E-state index contributed by atoms with van der Waals surface area (Å²) in [6.45, 7) is 25.8. The second-order valence-electron chi connectivity index (χ2n) is 6.93. The second-order valence-corrected chi connectivity index (χ2v) is 9.91. The number of halogens is 5. The van der Waals surface area contributed by atoms with Crippen molar-refractivity contribution in [3.63, 3.8) is 0 Å². The molecule has 0 aliphatic rings. The van der Waals surface area contributed by atoms with Crippen LogP contribution in [0.25, 0.3) is 0 Å². The molecule has 1 aromatic carbocycles. The van der Waals surface area contributed by atoms with E-state index in [1.165, 1.54) is 5.56 Å². The zero-order valence-electron chi connectivity index (χ0n) is 23.2. The van der Waals surface area contributed by atoms with Crippen LogP contribution in [-0.4, -0.2) is 21.2 Å². The fraction of sp³-hybridized carbons (Fsp3) is 0.667. The molecule has 0 aliphatic carbocycles. The third-order valence-electron chi connectivity index (χ3n) is 3.56. The van der Waals surface area contributed by atoms with Gasteiger partial charge in [0.15, 0.2) is 0 Å². The Morgan fingerprint density at radius 2 is 1.17 bits per heavy atom. The number of alkyl halides is 3. The van der Waals surface area contributed by atoms with Gasteiger partial charge in [-0.2, -0.15) is 12.9 Å². The first-order valence-corrected chi connectivity index (χ1v) is 14.0. The first-order valence-electron chi connectivity index (χ1n) is 11.4.